The van der Waals surface area contributed by atoms with Crippen molar-refractivity contribution in [3.05, 3.63) is 0 Å². The second-order valence-electron chi connectivity index (χ2n) is 6.05. The number of amides is 1. The maximum Gasteiger partial charge on any atom is 0.222 e. The summed E-state index contributed by atoms with van der Waals surface area (Å²) >= 11 is 0. The summed E-state index contributed by atoms with van der Waals surface area (Å²) in [5, 5.41) is 0. The Bertz CT molecular complexity index is 271. The molecule has 1 fully saturated rings. The van der Waals surface area contributed by atoms with Crippen molar-refractivity contribution in [1.82, 2.24) is 9.80 Å². The van der Waals surface area contributed by atoms with Gasteiger partial charge in [-0.05, 0) is 46.2 Å². The molecule has 0 saturated carbocycles. The Morgan fingerprint density at radius 2 is 1.84 bits per heavy atom. The highest BCUT2D eigenvalue weighted by Crippen LogP contribution is 2.18. The van der Waals surface area contributed by atoms with E-state index in [9.17, 15) is 4.79 Å². The molecule has 1 rings (SSSR count). The van der Waals surface area contributed by atoms with E-state index >= 15 is 0 Å². The summed E-state index contributed by atoms with van der Waals surface area (Å²) in [6.45, 7) is 9.04. The smallest absolute Gasteiger partial charge is 0.222 e. The van der Waals surface area contributed by atoms with Gasteiger partial charge in [-0.25, -0.2) is 0 Å². The van der Waals surface area contributed by atoms with Crippen molar-refractivity contribution < 1.29 is 4.79 Å². The number of hydrogen-bond acceptors (Lipinski definition) is 3. The minimum absolute atomic E-state index is 0.322. The Morgan fingerprint density at radius 1 is 1.26 bits per heavy atom. The van der Waals surface area contributed by atoms with Crippen LogP contribution in [0.25, 0.3) is 0 Å². The molecule has 2 N–H and O–H groups in total. The topological polar surface area (TPSA) is 49.6 Å². The van der Waals surface area contributed by atoms with Crippen molar-refractivity contribution in [2.24, 2.45) is 11.7 Å². The van der Waals surface area contributed by atoms with Crippen LogP contribution in [-0.2, 0) is 4.79 Å². The minimum Gasteiger partial charge on any atom is -0.340 e. The zero-order chi connectivity index (χ0) is 14.4. The van der Waals surface area contributed by atoms with Crippen molar-refractivity contribution in [2.45, 2.75) is 58.5 Å². The van der Waals surface area contributed by atoms with Gasteiger partial charge in [-0.1, -0.05) is 13.3 Å². The number of carbonyl (C=O) groups is 1. The first-order valence-electron chi connectivity index (χ1n) is 7.69. The highest BCUT2D eigenvalue weighted by atomic mass is 16.2. The van der Waals surface area contributed by atoms with Crippen LogP contribution in [0.1, 0.15) is 46.5 Å². The Kier molecular flexibility index (Phi) is 6.80. The van der Waals surface area contributed by atoms with Gasteiger partial charge in [-0.2, -0.15) is 0 Å². The second-order valence-corrected chi connectivity index (χ2v) is 6.05. The summed E-state index contributed by atoms with van der Waals surface area (Å²) < 4.78 is 0. The molecule has 1 aliphatic heterocycles. The fourth-order valence-electron chi connectivity index (χ4n) is 2.88. The Morgan fingerprint density at radius 3 is 2.32 bits per heavy atom. The SMILES string of the molecule is CCC(CCN)CCC(=O)N1CC(C)N(C)C(C)C1. The lowest BCUT2D eigenvalue weighted by Gasteiger charge is -2.42. The van der Waals surface area contributed by atoms with E-state index in [2.05, 4.69) is 32.7 Å². The number of rotatable bonds is 6. The average molecular weight is 269 g/mol. The summed E-state index contributed by atoms with van der Waals surface area (Å²) in [6.07, 6.45) is 3.84. The first kappa shape index (κ1) is 16.4. The average Bonchev–Trinajstić information content (AvgIpc) is 2.39. The number of nitrogens with two attached hydrogens (primary N) is 1. The van der Waals surface area contributed by atoms with Gasteiger partial charge >= 0.3 is 0 Å². The molecule has 4 heteroatoms. The molecule has 0 aromatic carbocycles. The van der Waals surface area contributed by atoms with E-state index in [0.29, 0.717) is 30.3 Å². The van der Waals surface area contributed by atoms with Gasteiger partial charge in [0.1, 0.15) is 0 Å². The fraction of sp³-hybridized carbons (Fsp3) is 0.933. The molecule has 1 amide bonds. The van der Waals surface area contributed by atoms with Crippen LogP contribution in [0.15, 0.2) is 0 Å². The quantitative estimate of drug-likeness (QED) is 0.798. The zero-order valence-corrected chi connectivity index (χ0v) is 13.1. The third-order valence-electron chi connectivity index (χ3n) is 4.63. The second kappa shape index (κ2) is 7.85. The lowest BCUT2D eigenvalue weighted by Crippen LogP contribution is -2.56. The van der Waals surface area contributed by atoms with E-state index in [4.69, 9.17) is 5.73 Å². The molecule has 0 aromatic rings. The predicted octanol–water partition coefficient (Wildman–Crippen LogP) is 1.69. The molecule has 0 aromatic heterocycles. The Balaban J connectivity index is 2.41. The van der Waals surface area contributed by atoms with Crippen LogP contribution in [0.3, 0.4) is 0 Å². The maximum atomic E-state index is 12.3. The van der Waals surface area contributed by atoms with Crippen molar-refractivity contribution in [2.75, 3.05) is 26.7 Å². The van der Waals surface area contributed by atoms with Crippen LogP contribution in [0.5, 0.6) is 0 Å². The third-order valence-corrected chi connectivity index (χ3v) is 4.63. The van der Waals surface area contributed by atoms with Gasteiger partial charge in [0.15, 0.2) is 0 Å². The molecular formula is C15H31N3O. The van der Waals surface area contributed by atoms with E-state index in [1.807, 2.05) is 4.90 Å². The number of carbonyl (C=O) groups excluding carboxylic acids is 1. The van der Waals surface area contributed by atoms with E-state index in [0.717, 1.165) is 38.9 Å². The number of nitrogens with zero attached hydrogens (tertiary/aromatic N) is 2. The van der Waals surface area contributed by atoms with Gasteiger partial charge in [0, 0.05) is 31.6 Å². The van der Waals surface area contributed by atoms with E-state index < -0.39 is 0 Å². The first-order valence-corrected chi connectivity index (χ1v) is 7.69. The molecule has 1 aliphatic rings. The van der Waals surface area contributed by atoms with Crippen LogP contribution < -0.4 is 5.73 Å². The maximum absolute atomic E-state index is 12.3. The predicted molar refractivity (Wildman–Crippen MR) is 80.0 cm³/mol. The molecular weight excluding hydrogens is 238 g/mol. The molecule has 1 saturated heterocycles. The summed E-state index contributed by atoms with van der Waals surface area (Å²) in [5.74, 6) is 0.929. The third kappa shape index (κ3) is 4.77. The standard InChI is InChI=1S/C15H31N3O/c1-5-14(8-9-16)6-7-15(19)18-10-12(2)17(4)13(3)11-18/h12-14H,5-11,16H2,1-4H3. The number of hydrogen-bond donors (Lipinski definition) is 1. The molecule has 0 spiro atoms. The molecule has 3 atom stereocenters. The molecule has 3 unspecified atom stereocenters. The van der Waals surface area contributed by atoms with Gasteiger partial charge in [0.05, 0.1) is 0 Å². The monoisotopic (exact) mass is 269 g/mol. The highest BCUT2D eigenvalue weighted by molar-refractivity contribution is 5.76. The number of likely N-dealkylation sites (N-methyl/N-ethyl adjacent to an activating group) is 1. The van der Waals surface area contributed by atoms with Gasteiger partial charge in [-0.15, -0.1) is 0 Å². The zero-order valence-electron chi connectivity index (χ0n) is 13.1. The fourth-order valence-corrected chi connectivity index (χ4v) is 2.88. The van der Waals surface area contributed by atoms with Crippen molar-refractivity contribution >= 4 is 5.91 Å². The lowest BCUT2D eigenvalue weighted by molar-refractivity contribution is -0.135. The molecule has 0 bridgehead atoms. The van der Waals surface area contributed by atoms with Gasteiger partial charge in [-0.3, -0.25) is 9.69 Å². The first-order chi connectivity index (χ1) is 8.99. The largest absolute Gasteiger partial charge is 0.340 e. The van der Waals surface area contributed by atoms with Crippen molar-refractivity contribution in [3.63, 3.8) is 0 Å². The summed E-state index contributed by atoms with van der Waals surface area (Å²) in [7, 11) is 2.14. The Hall–Kier alpha value is -0.610. The molecule has 0 radical (unpaired) electrons. The van der Waals surface area contributed by atoms with Crippen LogP contribution in [0, 0.1) is 5.92 Å². The molecule has 19 heavy (non-hydrogen) atoms. The van der Waals surface area contributed by atoms with Crippen LogP contribution in [0.2, 0.25) is 0 Å². The lowest BCUT2D eigenvalue weighted by atomic mass is 9.96. The van der Waals surface area contributed by atoms with Gasteiger partial charge < -0.3 is 10.6 Å². The highest BCUT2D eigenvalue weighted by Gasteiger charge is 2.29. The van der Waals surface area contributed by atoms with E-state index in [1.165, 1.54) is 0 Å². The minimum atomic E-state index is 0.322. The van der Waals surface area contributed by atoms with Gasteiger partial charge in [0.2, 0.25) is 5.91 Å². The summed E-state index contributed by atoms with van der Waals surface area (Å²) in [6, 6.07) is 0.914. The summed E-state index contributed by atoms with van der Waals surface area (Å²) in [5.41, 5.74) is 5.60. The van der Waals surface area contributed by atoms with Crippen molar-refractivity contribution in [3.8, 4) is 0 Å². The summed E-state index contributed by atoms with van der Waals surface area (Å²) in [4.78, 5) is 16.7. The normalized spacial score (nSPS) is 26.5. The number of piperazine rings is 1. The molecule has 1 heterocycles. The Labute approximate surface area is 118 Å². The van der Waals surface area contributed by atoms with Crippen LogP contribution in [0.4, 0.5) is 0 Å². The van der Waals surface area contributed by atoms with E-state index in [-0.39, 0.29) is 0 Å². The van der Waals surface area contributed by atoms with Crippen LogP contribution in [-0.4, -0.2) is 54.5 Å². The molecule has 112 valence electrons. The van der Waals surface area contributed by atoms with Crippen molar-refractivity contribution in [1.29, 1.82) is 0 Å². The van der Waals surface area contributed by atoms with Crippen LogP contribution >= 0.6 is 0 Å². The van der Waals surface area contributed by atoms with Gasteiger partial charge in [0.25, 0.3) is 0 Å². The molecule has 0 aliphatic carbocycles. The van der Waals surface area contributed by atoms with E-state index in [1.54, 1.807) is 0 Å². The molecule has 4 nitrogen and oxygen atoms in total.